The smallest absolute Gasteiger partial charge is 0.331 e. The van der Waals surface area contributed by atoms with Crippen LogP contribution in [-0.2, 0) is 4.79 Å². The molecule has 0 bridgehead atoms. The Hall–Kier alpha value is -3.97. The van der Waals surface area contributed by atoms with Gasteiger partial charge in [-0.15, -0.1) is 0 Å². The monoisotopic (exact) mass is 514 g/mol. The molecule has 2 aromatic heterocycles. The Morgan fingerprint density at radius 3 is 2.66 bits per heavy atom. The van der Waals surface area contributed by atoms with E-state index in [1.54, 1.807) is 11.1 Å². The average Bonchev–Trinajstić information content (AvgIpc) is 3.39. The highest BCUT2D eigenvalue weighted by Gasteiger charge is 2.33. The first kappa shape index (κ1) is 25.7. The molecular formula is C28H34N8O2. The summed E-state index contributed by atoms with van der Waals surface area (Å²) in [4.78, 5) is 38.3. The van der Waals surface area contributed by atoms with E-state index in [-0.39, 0.29) is 24.4 Å². The predicted octanol–water partition coefficient (Wildman–Crippen LogP) is 3.57. The fourth-order valence-electron chi connectivity index (χ4n) is 5.68. The lowest BCUT2D eigenvalue weighted by atomic mass is 9.90. The molecule has 2 N–H and O–H groups in total. The third-order valence-electron chi connectivity index (χ3n) is 7.98. The van der Waals surface area contributed by atoms with Crippen molar-refractivity contribution >= 4 is 34.5 Å². The Morgan fingerprint density at radius 1 is 1.16 bits per heavy atom. The van der Waals surface area contributed by atoms with Gasteiger partial charge in [-0.05, 0) is 68.0 Å². The molecule has 2 saturated heterocycles. The van der Waals surface area contributed by atoms with Crippen molar-refractivity contribution in [3.05, 3.63) is 48.4 Å². The van der Waals surface area contributed by atoms with Crippen LogP contribution in [0.4, 0.5) is 16.3 Å². The third kappa shape index (κ3) is 5.20. The number of carbonyl (C=O) groups excluding carboxylic acids is 2. The number of likely N-dealkylation sites (N-methyl/N-ethyl adjacent to an activating group) is 1. The van der Waals surface area contributed by atoms with Crippen LogP contribution in [0, 0.1) is 17.2 Å². The van der Waals surface area contributed by atoms with E-state index in [0.29, 0.717) is 36.4 Å². The van der Waals surface area contributed by atoms with Crippen molar-refractivity contribution in [1.82, 2.24) is 24.8 Å². The number of nitriles is 1. The minimum absolute atomic E-state index is 0.0279. The van der Waals surface area contributed by atoms with E-state index in [2.05, 4.69) is 44.6 Å². The molecule has 5 rings (SSSR count). The van der Waals surface area contributed by atoms with Crippen LogP contribution in [0.3, 0.4) is 0 Å². The minimum Gasteiger partial charge on any atom is -0.354 e. The summed E-state index contributed by atoms with van der Waals surface area (Å²) in [6, 6.07) is 11.7. The van der Waals surface area contributed by atoms with Crippen molar-refractivity contribution in [2.75, 3.05) is 43.4 Å². The van der Waals surface area contributed by atoms with Crippen LogP contribution in [0.15, 0.2) is 42.9 Å². The number of piperidine rings is 2. The first-order chi connectivity index (χ1) is 18.5. The zero-order valence-electron chi connectivity index (χ0n) is 21.9. The maximum Gasteiger partial charge on any atom is 0.331 e. The highest BCUT2D eigenvalue weighted by atomic mass is 16.2. The van der Waals surface area contributed by atoms with Gasteiger partial charge in [0, 0.05) is 32.0 Å². The predicted molar refractivity (Wildman–Crippen MR) is 146 cm³/mol. The van der Waals surface area contributed by atoms with Gasteiger partial charge >= 0.3 is 6.03 Å². The number of carbonyl (C=O) groups is 2. The molecule has 2 aliphatic rings. The summed E-state index contributed by atoms with van der Waals surface area (Å²) in [6.45, 7) is 5.43. The number of rotatable bonds is 5. The van der Waals surface area contributed by atoms with Crippen LogP contribution in [0.25, 0.3) is 11.0 Å². The van der Waals surface area contributed by atoms with Gasteiger partial charge in [-0.3, -0.25) is 9.36 Å². The Balaban J connectivity index is 1.32. The second kappa shape index (κ2) is 11.2. The number of benzene rings is 1. The van der Waals surface area contributed by atoms with E-state index >= 15 is 0 Å². The SMILES string of the molecule is C[C@@H]1CCN(C(=O)CC#N)C[C@@H]1N(C)c1ncnc2c1ccn2C(=O)Nc1ccc(C2CCNCC2)cc1. The number of aromatic nitrogens is 3. The van der Waals surface area contributed by atoms with Gasteiger partial charge in [-0.25, -0.2) is 14.8 Å². The number of hydrogen-bond donors (Lipinski definition) is 2. The van der Waals surface area contributed by atoms with Crippen LogP contribution in [0.5, 0.6) is 0 Å². The number of anilines is 2. The zero-order chi connectivity index (χ0) is 26.6. The Morgan fingerprint density at radius 2 is 1.92 bits per heavy atom. The molecule has 1 aromatic carbocycles. The molecule has 0 aliphatic carbocycles. The van der Waals surface area contributed by atoms with Crippen LogP contribution >= 0.6 is 0 Å². The quantitative estimate of drug-likeness (QED) is 0.534. The molecule has 0 radical (unpaired) electrons. The molecule has 0 saturated carbocycles. The van der Waals surface area contributed by atoms with Crippen LogP contribution < -0.4 is 15.5 Å². The van der Waals surface area contributed by atoms with Crippen molar-refractivity contribution in [3.8, 4) is 6.07 Å². The average molecular weight is 515 g/mol. The molecule has 10 nitrogen and oxygen atoms in total. The standard InChI is InChI=1S/C28H34N8O2/c1-19-10-15-35(25(37)7-12-29)17-24(19)34(2)26-23-11-16-36(27(23)32-18-31-26)28(38)33-22-5-3-20(4-6-22)21-8-13-30-14-9-21/h3-6,11,16,18-19,21,24,30H,7-10,13-15,17H2,1-2H3,(H,33,38)/t19-,24+/m1/s1. The zero-order valence-corrected chi connectivity index (χ0v) is 21.9. The van der Waals surface area contributed by atoms with E-state index in [1.807, 2.05) is 31.3 Å². The molecule has 38 heavy (non-hydrogen) atoms. The molecule has 2 atom stereocenters. The molecule has 3 aromatic rings. The molecule has 0 unspecified atom stereocenters. The fraction of sp³-hybridized carbons (Fsp3) is 0.464. The van der Waals surface area contributed by atoms with Gasteiger partial charge in [0.15, 0.2) is 5.65 Å². The topological polar surface area (TPSA) is 119 Å². The third-order valence-corrected chi connectivity index (χ3v) is 7.98. The second-order valence-electron chi connectivity index (χ2n) is 10.3. The fourth-order valence-corrected chi connectivity index (χ4v) is 5.68. The first-order valence-corrected chi connectivity index (χ1v) is 13.3. The molecule has 2 aliphatic heterocycles. The van der Waals surface area contributed by atoms with Gasteiger partial charge < -0.3 is 20.4 Å². The van der Waals surface area contributed by atoms with Crippen molar-refractivity contribution in [1.29, 1.82) is 5.26 Å². The number of nitrogens with one attached hydrogen (secondary N) is 2. The number of likely N-dealkylation sites (tertiary alicyclic amines) is 1. The van der Waals surface area contributed by atoms with Gasteiger partial charge in [0.2, 0.25) is 5.91 Å². The van der Waals surface area contributed by atoms with Gasteiger partial charge in [0.05, 0.1) is 17.5 Å². The lowest BCUT2D eigenvalue weighted by molar-refractivity contribution is -0.131. The van der Waals surface area contributed by atoms with E-state index in [4.69, 9.17) is 5.26 Å². The van der Waals surface area contributed by atoms with Crippen molar-refractivity contribution in [2.24, 2.45) is 5.92 Å². The van der Waals surface area contributed by atoms with Gasteiger partial charge in [0.25, 0.3) is 0 Å². The molecule has 2 fully saturated rings. The highest BCUT2D eigenvalue weighted by Crippen LogP contribution is 2.30. The summed E-state index contributed by atoms with van der Waals surface area (Å²) in [5, 5.41) is 16.1. The maximum absolute atomic E-state index is 13.2. The number of fused-ring (bicyclic) bond motifs is 1. The lowest BCUT2D eigenvalue weighted by Crippen LogP contribution is -2.52. The number of amides is 2. The van der Waals surface area contributed by atoms with Gasteiger partial charge in [-0.1, -0.05) is 19.1 Å². The molecule has 10 heteroatoms. The summed E-state index contributed by atoms with van der Waals surface area (Å²) in [5.74, 6) is 1.45. The number of nitrogens with zero attached hydrogens (tertiary/aromatic N) is 6. The lowest BCUT2D eigenvalue weighted by Gasteiger charge is -2.42. The van der Waals surface area contributed by atoms with E-state index < -0.39 is 0 Å². The Kier molecular flexibility index (Phi) is 7.56. The summed E-state index contributed by atoms with van der Waals surface area (Å²) < 4.78 is 1.50. The van der Waals surface area contributed by atoms with Gasteiger partial charge in [-0.2, -0.15) is 5.26 Å². The maximum atomic E-state index is 13.2. The summed E-state index contributed by atoms with van der Waals surface area (Å²) in [7, 11) is 1.96. The molecular weight excluding hydrogens is 480 g/mol. The van der Waals surface area contributed by atoms with Crippen molar-refractivity contribution in [2.45, 2.75) is 44.6 Å². The van der Waals surface area contributed by atoms with Gasteiger partial charge in [0.1, 0.15) is 18.6 Å². The summed E-state index contributed by atoms with van der Waals surface area (Å²) >= 11 is 0. The number of hydrogen-bond acceptors (Lipinski definition) is 7. The first-order valence-electron chi connectivity index (χ1n) is 13.3. The summed E-state index contributed by atoms with van der Waals surface area (Å²) in [5.41, 5.74) is 2.56. The van der Waals surface area contributed by atoms with Crippen molar-refractivity contribution in [3.63, 3.8) is 0 Å². The Labute approximate surface area is 222 Å². The van der Waals surface area contributed by atoms with Crippen LogP contribution in [-0.4, -0.2) is 70.6 Å². The van der Waals surface area contributed by atoms with Crippen molar-refractivity contribution < 1.29 is 9.59 Å². The largest absolute Gasteiger partial charge is 0.354 e. The summed E-state index contributed by atoms with van der Waals surface area (Å²) in [6.07, 6.45) is 6.18. The molecule has 4 heterocycles. The van der Waals surface area contributed by atoms with E-state index in [1.165, 1.54) is 16.5 Å². The van der Waals surface area contributed by atoms with E-state index in [9.17, 15) is 9.59 Å². The van der Waals surface area contributed by atoms with E-state index in [0.717, 1.165) is 43.4 Å². The molecule has 0 spiro atoms. The van der Waals surface area contributed by atoms with Crippen LogP contribution in [0.1, 0.15) is 44.1 Å². The second-order valence-corrected chi connectivity index (χ2v) is 10.3. The van der Waals surface area contributed by atoms with Crippen LogP contribution in [0.2, 0.25) is 0 Å². The molecule has 2 amide bonds. The minimum atomic E-state index is -0.291. The highest BCUT2D eigenvalue weighted by molar-refractivity contribution is 5.99. The molecule has 198 valence electrons. The Bertz CT molecular complexity index is 1340. The normalized spacial score (nSPS) is 20.2.